The van der Waals surface area contributed by atoms with Crippen LogP contribution in [-0.2, 0) is 16.1 Å². The number of benzene rings is 1. The van der Waals surface area contributed by atoms with Crippen LogP contribution in [0.4, 0.5) is 0 Å². The van der Waals surface area contributed by atoms with Crippen molar-refractivity contribution in [2.75, 3.05) is 0 Å². The van der Waals surface area contributed by atoms with Crippen molar-refractivity contribution in [1.82, 2.24) is 0 Å². The van der Waals surface area contributed by atoms with E-state index in [1.807, 2.05) is 30.3 Å². The second-order valence-corrected chi connectivity index (χ2v) is 4.06. The number of hydrogen-bond acceptors (Lipinski definition) is 5. The minimum atomic E-state index is -0.569. The Balaban J connectivity index is 2.61. The molecule has 0 aromatic heterocycles. The van der Waals surface area contributed by atoms with Crippen molar-refractivity contribution in [3.05, 3.63) is 46.5 Å². The second-order valence-electron chi connectivity index (χ2n) is 3.27. The highest BCUT2D eigenvalue weighted by molar-refractivity contribution is 8.08. The van der Waals surface area contributed by atoms with Crippen LogP contribution in [0.2, 0.25) is 0 Å². The number of carbonyl (C=O) groups excluding carboxylic acids is 1. The summed E-state index contributed by atoms with van der Waals surface area (Å²) in [6.07, 6.45) is 0. The molecule has 88 valence electrons. The summed E-state index contributed by atoms with van der Waals surface area (Å²) in [5, 5.41) is 10.3. The van der Waals surface area contributed by atoms with Gasteiger partial charge < -0.3 is 10.5 Å². The van der Waals surface area contributed by atoms with E-state index in [1.165, 1.54) is 0 Å². The Morgan fingerprint density at radius 3 is 2.65 bits per heavy atom. The molecule has 2 N–H and O–H groups in total. The van der Waals surface area contributed by atoms with Gasteiger partial charge in [-0.05, 0) is 24.2 Å². The maximum Gasteiger partial charge on any atom is 0.347 e. The van der Waals surface area contributed by atoms with Crippen molar-refractivity contribution in [2.45, 2.75) is 13.5 Å². The Morgan fingerprint density at radius 2 is 2.12 bits per heavy atom. The lowest BCUT2D eigenvalue weighted by Crippen LogP contribution is -2.10. The highest BCUT2D eigenvalue weighted by Gasteiger charge is 2.14. The molecule has 0 bridgehead atoms. The van der Waals surface area contributed by atoms with Gasteiger partial charge in [-0.15, -0.1) is 0 Å². The molecular formula is C12H12N2O2S. The zero-order valence-corrected chi connectivity index (χ0v) is 10.2. The third kappa shape index (κ3) is 4.21. The molecule has 0 heterocycles. The van der Waals surface area contributed by atoms with E-state index < -0.39 is 5.97 Å². The fourth-order valence-corrected chi connectivity index (χ4v) is 1.51. The van der Waals surface area contributed by atoms with Crippen molar-refractivity contribution in [3.8, 4) is 5.40 Å². The number of nitrogens with two attached hydrogens (primary N) is 1. The summed E-state index contributed by atoms with van der Waals surface area (Å²) in [5.74, 6) is -0.569. The minimum Gasteiger partial charge on any atom is -0.457 e. The van der Waals surface area contributed by atoms with Gasteiger partial charge in [-0.2, -0.15) is 5.26 Å². The smallest absolute Gasteiger partial charge is 0.347 e. The minimum absolute atomic E-state index is 0.142. The number of carbonyl (C=O) groups is 1. The van der Waals surface area contributed by atoms with E-state index in [9.17, 15) is 4.79 Å². The predicted molar refractivity (Wildman–Crippen MR) is 66.3 cm³/mol. The van der Waals surface area contributed by atoms with Gasteiger partial charge in [-0.1, -0.05) is 30.3 Å². The number of rotatable bonds is 4. The van der Waals surface area contributed by atoms with E-state index in [4.69, 9.17) is 15.7 Å². The average Bonchev–Trinajstić information content (AvgIpc) is 2.34. The number of esters is 1. The molecule has 0 atom stereocenters. The van der Waals surface area contributed by atoms with Gasteiger partial charge in [0, 0.05) is 5.70 Å². The van der Waals surface area contributed by atoms with Gasteiger partial charge in [-0.25, -0.2) is 4.79 Å². The van der Waals surface area contributed by atoms with E-state index in [-0.39, 0.29) is 17.2 Å². The Morgan fingerprint density at radius 1 is 1.47 bits per heavy atom. The summed E-state index contributed by atoms with van der Waals surface area (Å²) in [7, 11) is 0. The zero-order chi connectivity index (χ0) is 12.7. The van der Waals surface area contributed by atoms with Crippen molar-refractivity contribution in [2.24, 2.45) is 5.73 Å². The molecule has 0 fully saturated rings. The molecule has 0 radical (unpaired) electrons. The summed E-state index contributed by atoms with van der Waals surface area (Å²) in [4.78, 5) is 11.8. The first-order chi connectivity index (χ1) is 8.15. The van der Waals surface area contributed by atoms with Crippen LogP contribution in [0.15, 0.2) is 40.9 Å². The first-order valence-electron chi connectivity index (χ1n) is 4.88. The van der Waals surface area contributed by atoms with E-state index in [1.54, 1.807) is 12.3 Å². The SMILES string of the molecule is C/C(N)=C(\SC#N)C(=O)OCc1ccccc1. The highest BCUT2D eigenvalue weighted by Crippen LogP contribution is 2.18. The normalized spacial score (nSPS) is 11.3. The molecule has 1 aromatic carbocycles. The van der Waals surface area contributed by atoms with E-state index in [0.29, 0.717) is 11.8 Å². The summed E-state index contributed by atoms with van der Waals surface area (Å²) < 4.78 is 5.06. The van der Waals surface area contributed by atoms with Crippen LogP contribution in [0.3, 0.4) is 0 Å². The fourth-order valence-electron chi connectivity index (χ4n) is 1.12. The first-order valence-corrected chi connectivity index (χ1v) is 5.70. The molecule has 0 amide bonds. The maximum atomic E-state index is 11.6. The number of nitriles is 1. The van der Waals surface area contributed by atoms with Crippen molar-refractivity contribution < 1.29 is 9.53 Å². The third-order valence-electron chi connectivity index (χ3n) is 1.90. The molecule has 0 saturated carbocycles. The summed E-state index contributed by atoms with van der Waals surface area (Å²) >= 11 is 0.713. The molecule has 1 rings (SSSR count). The van der Waals surface area contributed by atoms with Crippen LogP contribution in [0.5, 0.6) is 0 Å². The van der Waals surface area contributed by atoms with Crippen molar-refractivity contribution >= 4 is 17.7 Å². The molecule has 0 unspecified atom stereocenters. The van der Waals surface area contributed by atoms with E-state index >= 15 is 0 Å². The lowest BCUT2D eigenvalue weighted by molar-refractivity contribution is -0.139. The number of hydrogen-bond donors (Lipinski definition) is 1. The van der Waals surface area contributed by atoms with Gasteiger partial charge >= 0.3 is 5.97 Å². The first kappa shape index (κ1) is 13.1. The van der Waals surface area contributed by atoms with Gasteiger partial charge in [0.25, 0.3) is 0 Å². The monoisotopic (exact) mass is 248 g/mol. The maximum absolute atomic E-state index is 11.6. The van der Waals surface area contributed by atoms with Crippen LogP contribution < -0.4 is 5.73 Å². The summed E-state index contributed by atoms with van der Waals surface area (Å²) in [5.41, 5.74) is 6.67. The molecule has 0 saturated heterocycles. The van der Waals surface area contributed by atoms with Gasteiger partial charge in [-0.3, -0.25) is 0 Å². The molecule has 4 nitrogen and oxygen atoms in total. The van der Waals surface area contributed by atoms with E-state index in [0.717, 1.165) is 5.56 Å². The number of thioether (sulfide) groups is 1. The van der Waals surface area contributed by atoms with Crippen LogP contribution in [0.25, 0.3) is 0 Å². The average molecular weight is 248 g/mol. The van der Waals surface area contributed by atoms with Gasteiger partial charge in [0.15, 0.2) is 0 Å². The predicted octanol–water partition coefficient (Wildman–Crippen LogP) is 2.13. The summed E-state index contributed by atoms with van der Waals surface area (Å²) in [6.45, 7) is 1.73. The topological polar surface area (TPSA) is 76.1 Å². The standard InChI is InChI=1S/C12H12N2O2S/c1-9(14)11(17-8-13)12(15)16-7-10-5-3-2-4-6-10/h2-6H,7,14H2,1H3/b11-9+. The number of nitrogens with zero attached hydrogens (tertiary/aromatic N) is 1. The second kappa shape index (κ2) is 6.61. The number of allylic oxidation sites excluding steroid dienone is 1. The molecule has 0 aliphatic heterocycles. The molecule has 5 heteroatoms. The van der Waals surface area contributed by atoms with Gasteiger partial charge in [0.2, 0.25) is 0 Å². The number of thiocyanates is 1. The number of ether oxygens (including phenoxy) is 1. The fraction of sp³-hybridized carbons (Fsp3) is 0.167. The highest BCUT2D eigenvalue weighted by atomic mass is 32.2. The zero-order valence-electron chi connectivity index (χ0n) is 9.34. The van der Waals surface area contributed by atoms with Gasteiger partial charge in [0.1, 0.15) is 16.9 Å². The molecule has 0 aliphatic rings. The quantitative estimate of drug-likeness (QED) is 0.502. The van der Waals surface area contributed by atoms with E-state index in [2.05, 4.69) is 0 Å². The van der Waals surface area contributed by atoms with Crippen LogP contribution in [0, 0.1) is 10.7 Å². The molecule has 0 spiro atoms. The Labute approximate surface area is 104 Å². The largest absolute Gasteiger partial charge is 0.457 e. The van der Waals surface area contributed by atoms with Gasteiger partial charge in [0.05, 0.1) is 0 Å². The van der Waals surface area contributed by atoms with Crippen LogP contribution >= 0.6 is 11.8 Å². The van der Waals surface area contributed by atoms with Crippen molar-refractivity contribution in [3.63, 3.8) is 0 Å². The van der Waals surface area contributed by atoms with Crippen LogP contribution in [0.1, 0.15) is 12.5 Å². The van der Waals surface area contributed by atoms with Crippen molar-refractivity contribution in [1.29, 1.82) is 5.26 Å². The lowest BCUT2D eigenvalue weighted by atomic mass is 10.2. The Bertz CT molecular complexity index is 459. The molecule has 1 aromatic rings. The summed E-state index contributed by atoms with van der Waals surface area (Å²) in [6, 6.07) is 9.30. The molecular weight excluding hydrogens is 236 g/mol. The Hall–Kier alpha value is -1.93. The lowest BCUT2D eigenvalue weighted by Gasteiger charge is -2.06. The third-order valence-corrected chi connectivity index (χ3v) is 2.69. The molecule has 0 aliphatic carbocycles. The van der Waals surface area contributed by atoms with Crippen LogP contribution in [-0.4, -0.2) is 5.97 Å². The molecule has 17 heavy (non-hydrogen) atoms. The Kier molecular flexibility index (Phi) is 5.11.